The van der Waals surface area contributed by atoms with Crippen molar-refractivity contribution in [2.24, 2.45) is 11.3 Å². The number of carbonyl (C=O) groups is 1. The third kappa shape index (κ3) is 3.87. The molecule has 2 atom stereocenters. The molecule has 0 spiro atoms. The molecule has 1 aromatic carbocycles. The van der Waals surface area contributed by atoms with Crippen LogP contribution in [0.15, 0.2) is 24.3 Å². The number of hydrogen-bond acceptors (Lipinski definition) is 2. The summed E-state index contributed by atoms with van der Waals surface area (Å²) in [7, 11) is 2.11. The Bertz CT molecular complexity index is 494. The summed E-state index contributed by atoms with van der Waals surface area (Å²) in [5.41, 5.74) is 1.09. The van der Waals surface area contributed by atoms with Crippen LogP contribution in [-0.4, -0.2) is 24.3 Å². The lowest BCUT2D eigenvalue weighted by Crippen LogP contribution is -2.41. The predicted molar refractivity (Wildman–Crippen MR) is 88.6 cm³/mol. The molecule has 1 fully saturated rings. The first kappa shape index (κ1) is 16.5. The lowest BCUT2D eigenvalue weighted by Gasteiger charge is -2.37. The van der Waals surface area contributed by atoms with Gasteiger partial charge < -0.3 is 0 Å². The first-order valence-corrected chi connectivity index (χ1v) is 8.19. The number of benzene rings is 1. The molecule has 1 aliphatic rings. The van der Waals surface area contributed by atoms with E-state index in [1.54, 1.807) is 0 Å². The second-order valence-electron chi connectivity index (χ2n) is 7.00. The molecule has 1 aliphatic carbocycles. The van der Waals surface area contributed by atoms with Gasteiger partial charge in [0, 0.05) is 28.9 Å². The first-order chi connectivity index (χ1) is 9.81. The number of Topliss-reactive ketones (excluding diaryl/α,β-unsaturated/α-hetero) is 1. The van der Waals surface area contributed by atoms with E-state index in [1.165, 1.54) is 5.56 Å². The van der Waals surface area contributed by atoms with E-state index < -0.39 is 0 Å². The molecule has 0 heterocycles. The standard InChI is InChI=1S/C18H26ClNO/c1-13(14-7-9-16(19)10-8-14)20(4)12-15-6-5-11-18(2,3)17(15)21/h7-10,13,15H,5-6,11-12H2,1-4H3. The maximum absolute atomic E-state index is 12.5. The number of halogens is 1. The molecule has 0 saturated heterocycles. The molecule has 0 aromatic heterocycles. The van der Waals surface area contributed by atoms with E-state index in [4.69, 9.17) is 11.6 Å². The van der Waals surface area contributed by atoms with Gasteiger partial charge in [-0.1, -0.05) is 44.0 Å². The third-order valence-electron chi connectivity index (χ3n) is 4.91. The number of rotatable bonds is 4. The lowest BCUT2D eigenvalue weighted by atomic mass is 9.71. The van der Waals surface area contributed by atoms with Crippen LogP contribution >= 0.6 is 11.6 Å². The van der Waals surface area contributed by atoms with Gasteiger partial charge in [-0.05, 0) is 44.5 Å². The molecule has 3 heteroatoms. The summed E-state index contributed by atoms with van der Waals surface area (Å²) in [5, 5.41) is 0.762. The van der Waals surface area contributed by atoms with E-state index in [9.17, 15) is 4.79 Å². The Kier molecular flexibility index (Phi) is 5.11. The Morgan fingerprint density at radius 2 is 1.95 bits per heavy atom. The van der Waals surface area contributed by atoms with Crippen LogP contribution in [0.4, 0.5) is 0 Å². The van der Waals surface area contributed by atoms with Crippen molar-refractivity contribution in [3.05, 3.63) is 34.9 Å². The van der Waals surface area contributed by atoms with Gasteiger partial charge in [0.25, 0.3) is 0 Å². The maximum atomic E-state index is 12.5. The fourth-order valence-electron chi connectivity index (χ4n) is 3.27. The maximum Gasteiger partial charge on any atom is 0.142 e. The minimum atomic E-state index is -0.146. The van der Waals surface area contributed by atoms with Crippen LogP contribution in [0.25, 0.3) is 0 Å². The van der Waals surface area contributed by atoms with Gasteiger partial charge in [0.1, 0.15) is 5.78 Å². The average Bonchev–Trinajstić information content (AvgIpc) is 2.44. The van der Waals surface area contributed by atoms with Gasteiger partial charge in [-0.2, -0.15) is 0 Å². The minimum Gasteiger partial charge on any atom is -0.299 e. The number of carbonyl (C=O) groups excluding carboxylic acids is 1. The van der Waals surface area contributed by atoms with Crippen LogP contribution in [0, 0.1) is 11.3 Å². The molecule has 0 bridgehead atoms. The SMILES string of the molecule is CC(c1ccc(Cl)cc1)N(C)CC1CCCC(C)(C)C1=O. The highest BCUT2D eigenvalue weighted by atomic mass is 35.5. The molecule has 0 radical (unpaired) electrons. The molecule has 116 valence electrons. The third-order valence-corrected chi connectivity index (χ3v) is 5.17. The fraction of sp³-hybridized carbons (Fsp3) is 0.611. The van der Waals surface area contributed by atoms with E-state index in [2.05, 4.69) is 44.9 Å². The molecule has 2 unspecified atom stereocenters. The van der Waals surface area contributed by atoms with Crippen molar-refractivity contribution in [3.63, 3.8) is 0 Å². The normalized spacial score (nSPS) is 23.3. The van der Waals surface area contributed by atoms with Gasteiger partial charge in [0.2, 0.25) is 0 Å². The summed E-state index contributed by atoms with van der Waals surface area (Å²) in [6.45, 7) is 7.20. The number of nitrogens with zero attached hydrogens (tertiary/aromatic N) is 1. The smallest absolute Gasteiger partial charge is 0.142 e. The van der Waals surface area contributed by atoms with Crippen LogP contribution in [0.3, 0.4) is 0 Å². The zero-order valence-corrected chi connectivity index (χ0v) is 14.3. The Labute approximate surface area is 133 Å². The van der Waals surface area contributed by atoms with Crippen LogP contribution < -0.4 is 0 Å². The Morgan fingerprint density at radius 3 is 2.57 bits per heavy atom. The Morgan fingerprint density at radius 1 is 1.33 bits per heavy atom. The topological polar surface area (TPSA) is 20.3 Å². The monoisotopic (exact) mass is 307 g/mol. The molecular formula is C18H26ClNO. The molecule has 21 heavy (non-hydrogen) atoms. The summed E-state index contributed by atoms with van der Waals surface area (Å²) < 4.78 is 0. The van der Waals surface area contributed by atoms with E-state index >= 15 is 0 Å². The lowest BCUT2D eigenvalue weighted by molar-refractivity contribution is -0.135. The molecule has 0 N–H and O–H groups in total. The summed E-state index contributed by atoms with van der Waals surface area (Å²) in [5.74, 6) is 0.609. The van der Waals surface area contributed by atoms with Gasteiger partial charge in [0.15, 0.2) is 0 Å². The van der Waals surface area contributed by atoms with E-state index in [-0.39, 0.29) is 11.3 Å². The predicted octanol–water partition coefficient (Wildman–Crippen LogP) is 4.73. The largest absolute Gasteiger partial charge is 0.299 e. The van der Waals surface area contributed by atoms with E-state index in [0.29, 0.717) is 11.8 Å². The summed E-state index contributed by atoms with van der Waals surface area (Å²) in [6, 6.07) is 8.28. The summed E-state index contributed by atoms with van der Waals surface area (Å²) in [6.07, 6.45) is 3.21. The van der Waals surface area contributed by atoms with Gasteiger partial charge in [-0.25, -0.2) is 0 Å². The van der Waals surface area contributed by atoms with Crippen molar-refractivity contribution in [1.29, 1.82) is 0 Å². The number of ketones is 1. The van der Waals surface area contributed by atoms with E-state index in [0.717, 1.165) is 30.8 Å². The Balaban J connectivity index is 2.02. The molecule has 0 aliphatic heterocycles. The van der Waals surface area contributed by atoms with Crippen molar-refractivity contribution >= 4 is 17.4 Å². The van der Waals surface area contributed by atoms with Crippen molar-refractivity contribution in [2.75, 3.05) is 13.6 Å². The second kappa shape index (κ2) is 6.50. The summed E-state index contributed by atoms with van der Waals surface area (Å²) in [4.78, 5) is 14.8. The highest BCUT2D eigenvalue weighted by Crippen LogP contribution is 2.36. The van der Waals surface area contributed by atoms with Crippen molar-refractivity contribution in [3.8, 4) is 0 Å². The molecule has 2 rings (SSSR count). The second-order valence-corrected chi connectivity index (χ2v) is 7.44. The van der Waals surface area contributed by atoms with Crippen LogP contribution in [0.1, 0.15) is 51.6 Å². The van der Waals surface area contributed by atoms with E-state index in [1.807, 2.05) is 12.1 Å². The van der Waals surface area contributed by atoms with Gasteiger partial charge >= 0.3 is 0 Å². The fourth-order valence-corrected chi connectivity index (χ4v) is 3.40. The van der Waals surface area contributed by atoms with Crippen LogP contribution in [-0.2, 0) is 4.79 Å². The quantitative estimate of drug-likeness (QED) is 0.801. The highest BCUT2D eigenvalue weighted by Gasteiger charge is 2.37. The molecular weight excluding hydrogens is 282 g/mol. The average molecular weight is 308 g/mol. The van der Waals surface area contributed by atoms with Crippen LogP contribution in [0.2, 0.25) is 5.02 Å². The molecule has 1 aromatic rings. The van der Waals surface area contributed by atoms with Crippen molar-refractivity contribution in [1.82, 2.24) is 4.90 Å². The van der Waals surface area contributed by atoms with Crippen molar-refractivity contribution in [2.45, 2.75) is 46.1 Å². The van der Waals surface area contributed by atoms with Gasteiger partial charge in [-0.3, -0.25) is 9.69 Å². The molecule has 2 nitrogen and oxygen atoms in total. The minimum absolute atomic E-state index is 0.146. The molecule has 1 saturated carbocycles. The summed E-state index contributed by atoms with van der Waals surface area (Å²) >= 11 is 5.94. The zero-order valence-electron chi connectivity index (χ0n) is 13.5. The zero-order chi connectivity index (χ0) is 15.6. The first-order valence-electron chi connectivity index (χ1n) is 7.81. The van der Waals surface area contributed by atoms with Crippen LogP contribution in [0.5, 0.6) is 0 Å². The van der Waals surface area contributed by atoms with Gasteiger partial charge in [-0.15, -0.1) is 0 Å². The van der Waals surface area contributed by atoms with Gasteiger partial charge in [0.05, 0.1) is 0 Å². The Hall–Kier alpha value is -0.860. The highest BCUT2D eigenvalue weighted by molar-refractivity contribution is 6.30. The molecule has 0 amide bonds. The number of hydrogen-bond donors (Lipinski definition) is 0. The van der Waals surface area contributed by atoms with Crippen molar-refractivity contribution < 1.29 is 4.79 Å².